The normalized spacial score (nSPS) is 11.2. The van der Waals surface area contributed by atoms with E-state index in [1.165, 1.54) is 5.56 Å². The number of benzene rings is 2. The molecule has 0 saturated carbocycles. The van der Waals surface area contributed by atoms with Gasteiger partial charge in [0.2, 0.25) is 0 Å². The van der Waals surface area contributed by atoms with Crippen molar-refractivity contribution in [2.75, 3.05) is 7.11 Å². The summed E-state index contributed by atoms with van der Waals surface area (Å²) >= 11 is 0. The van der Waals surface area contributed by atoms with Gasteiger partial charge in [0.1, 0.15) is 11.4 Å². The molecular formula is C20H24O3. The van der Waals surface area contributed by atoms with Crippen LogP contribution in [-0.4, -0.2) is 13.1 Å². The maximum Gasteiger partial charge on any atom is 0.338 e. The number of ether oxygens (including phenoxy) is 2. The standard InChI is InChI=1S/C20H24O3/c1-13-11-14(2)18(15(3)12-13)20(4,5)23-19(21)16-7-9-17(22-6)10-8-16/h7-12H,1-6H3. The van der Waals surface area contributed by atoms with Gasteiger partial charge in [0.15, 0.2) is 0 Å². The number of carbonyl (C=O) groups excluding carboxylic acids is 1. The van der Waals surface area contributed by atoms with Gasteiger partial charge in [-0.05, 0) is 70.0 Å². The zero-order valence-corrected chi connectivity index (χ0v) is 14.7. The molecule has 0 N–H and O–H groups in total. The summed E-state index contributed by atoms with van der Waals surface area (Å²) in [5.74, 6) is 0.378. The lowest BCUT2D eigenvalue weighted by Crippen LogP contribution is -2.27. The summed E-state index contributed by atoms with van der Waals surface area (Å²) in [6.45, 7) is 10.0. The predicted octanol–water partition coefficient (Wildman–Crippen LogP) is 4.71. The molecule has 0 saturated heterocycles. The van der Waals surface area contributed by atoms with Gasteiger partial charge in [0, 0.05) is 5.56 Å². The van der Waals surface area contributed by atoms with Gasteiger partial charge in [-0.2, -0.15) is 0 Å². The Hall–Kier alpha value is -2.29. The summed E-state index contributed by atoms with van der Waals surface area (Å²) < 4.78 is 10.9. The van der Waals surface area contributed by atoms with E-state index in [0.29, 0.717) is 11.3 Å². The molecule has 0 amide bonds. The quantitative estimate of drug-likeness (QED) is 0.767. The first-order valence-corrected chi connectivity index (χ1v) is 7.70. The van der Waals surface area contributed by atoms with E-state index in [-0.39, 0.29) is 5.97 Å². The fourth-order valence-corrected chi connectivity index (χ4v) is 3.20. The van der Waals surface area contributed by atoms with Gasteiger partial charge >= 0.3 is 5.97 Å². The van der Waals surface area contributed by atoms with Crippen molar-refractivity contribution >= 4 is 5.97 Å². The molecule has 122 valence electrons. The Morgan fingerprint density at radius 3 is 1.96 bits per heavy atom. The third-order valence-electron chi connectivity index (χ3n) is 3.95. The fraction of sp³-hybridized carbons (Fsp3) is 0.350. The first-order chi connectivity index (χ1) is 10.7. The number of hydrogen-bond acceptors (Lipinski definition) is 3. The van der Waals surface area contributed by atoms with Crippen LogP contribution in [0.15, 0.2) is 36.4 Å². The van der Waals surface area contributed by atoms with E-state index in [0.717, 1.165) is 16.7 Å². The molecule has 0 atom stereocenters. The Labute approximate surface area is 138 Å². The second-order valence-corrected chi connectivity index (χ2v) is 6.40. The first kappa shape index (κ1) is 17.1. The molecule has 0 spiro atoms. The minimum atomic E-state index is -0.696. The summed E-state index contributed by atoms with van der Waals surface area (Å²) in [5.41, 5.74) is 4.36. The van der Waals surface area contributed by atoms with Gasteiger partial charge in [-0.3, -0.25) is 0 Å². The summed E-state index contributed by atoms with van der Waals surface area (Å²) in [4.78, 5) is 12.5. The van der Waals surface area contributed by atoms with Gasteiger partial charge in [0.05, 0.1) is 12.7 Å². The van der Waals surface area contributed by atoms with Crippen molar-refractivity contribution < 1.29 is 14.3 Å². The fourth-order valence-electron chi connectivity index (χ4n) is 3.20. The van der Waals surface area contributed by atoms with Gasteiger partial charge in [-0.1, -0.05) is 17.7 Å². The van der Waals surface area contributed by atoms with E-state index in [9.17, 15) is 4.79 Å². The number of methoxy groups -OCH3 is 1. The first-order valence-electron chi connectivity index (χ1n) is 7.70. The Bertz CT molecular complexity index is 689. The Morgan fingerprint density at radius 2 is 1.48 bits per heavy atom. The van der Waals surface area contributed by atoms with E-state index < -0.39 is 5.60 Å². The zero-order chi connectivity index (χ0) is 17.2. The molecule has 3 nitrogen and oxygen atoms in total. The van der Waals surface area contributed by atoms with Crippen LogP contribution in [-0.2, 0) is 10.3 Å². The molecule has 0 heterocycles. The van der Waals surface area contributed by atoms with Crippen LogP contribution in [0, 0.1) is 20.8 Å². The molecule has 0 fully saturated rings. The van der Waals surface area contributed by atoms with Crippen LogP contribution in [0.3, 0.4) is 0 Å². The molecule has 2 aromatic rings. The van der Waals surface area contributed by atoms with Crippen molar-refractivity contribution in [3.8, 4) is 5.75 Å². The molecule has 2 aromatic carbocycles. The number of rotatable bonds is 4. The minimum Gasteiger partial charge on any atom is -0.497 e. The minimum absolute atomic E-state index is 0.336. The van der Waals surface area contributed by atoms with E-state index in [2.05, 4.69) is 32.9 Å². The highest BCUT2D eigenvalue weighted by molar-refractivity contribution is 5.89. The van der Waals surface area contributed by atoms with Crippen molar-refractivity contribution in [1.82, 2.24) is 0 Å². The lowest BCUT2D eigenvalue weighted by molar-refractivity contribution is -0.00360. The predicted molar refractivity (Wildman–Crippen MR) is 92.1 cm³/mol. The summed E-state index contributed by atoms with van der Waals surface area (Å²) in [5, 5.41) is 0. The van der Waals surface area contributed by atoms with Crippen molar-refractivity contribution in [1.29, 1.82) is 0 Å². The van der Waals surface area contributed by atoms with E-state index in [1.54, 1.807) is 31.4 Å². The van der Waals surface area contributed by atoms with Gasteiger partial charge < -0.3 is 9.47 Å². The van der Waals surface area contributed by atoms with E-state index >= 15 is 0 Å². The molecule has 0 unspecified atom stereocenters. The molecule has 3 heteroatoms. The average molecular weight is 312 g/mol. The summed E-state index contributed by atoms with van der Waals surface area (Å²) in [6.07, 6.45) is 0. The summed E-state index contributed by atoms with van der Waals surface area (Å²) in [6, 6.07) is 11.2. The third kappa shape index (κ3) is 3.73. The van der Waals surface area contributed by atoms with Crippen molar-refractivity contribution in [2.24, 2.45) is 0 Å². The maximum absolute atomic E-state index is 12.5. The summed E-state index contributed by atoms with van der Waals surface area (Å²) in [7, 11) is 1.60. The maximum atomic E-state index is 12.5. The largest absolute Gasteiger partial charge is 0.497 e. The number of carbonyl (C=O) groups is 1. The monoisotopic (exact) mass is 312 g/mol. The van der Waals surface area contributed by atoms with Crippen LogP contribution in [0.4, 0.5) is 0 Å². The van der Waals surface area contributed by atoms with Crippen LogP contribution in [0.5, 0.6) is 5.75 Å². The molecule has 2 rings (SSSR count). The lowest BCUT2D eigenvalue weighted by atomic mass is 9.88. The number of aryl methyl sites for hydroxylation is 3. The Morgan fingerprint density at radius 1 is 0.957 bits per heavy atom. The zero-order valence-electron chi connectivity index (χ0n) is 14.7. The van der Waals surface area contributed by atoms with Crippen molar-refractivity contribution in [3.63, 3.8) is 0 Å². The molecular weight excluding hydrogens is 288 g/mol. The van der Waals surface area contributed by atoms with Crippen LogP contribution < -0.4 is 4.74 Å². The highest BCUT2D eigenvalue weighted by Crippen LogP contribution is 2.32. The highest BCUT2D eigenvalue weighted by atomic mass is 16.6. The third-order valence-corrected chi connectivity index (χ3v) is 3.95. The molecule has 0 aliphatic rings. The van der Waals surface area contributed by atoms with Crippen molar-refractivity contribution in [3.05, 3.63) is 64.2 Å². The Kier molecular flexibility index (Phi) is 4.79. The second kappa shape index (κ2) is 6.45. The average Bonchev–Trinajstić information content (AvgIpc) is 2.45. The highest BCUT2D eigenvalue weighted by Gasteiger charge is 2.29. The molecule has 0 aliphatic carbocycles. The SMILES string of the molecule is COc1ccc(C(=O)OC(C)(C)c2c(C)cc(C)cc2C)cc1. The molecule has 0 aromatic heterocycles. The Balaban J connectivity index is 2.28. The topological polar surface area (TPSA) is 35.5 Å². The lowest BCUT2D eigenvalue weighted by Gasteiger charge is -2.29. The van der Waals surface area contributed by atoms with Crippen molar-refractivity contribution in [2.45, 2.75) is 40.2 Å². The van der Waals surface area contributed by atoms with E-state index in [4.69, 9.17) is 9.47 Å². The number of hydrogen-bond donors (Lipinski definition) is 0. The molecule has 0 radical (unpaired) electrons. The van der Waals surface area contributed by atoms with Crippen LogP contribution in [0.1, 0.15) is 46.5 Å². The van der Waals surface area contributed by atoms with Crippen LogP contribution in [0.25, 0.3) is 0 Å². The van der Waals surface area contributed by atoms with E-state index in [1.807, 2.05) is 13.8 Å². The van der Waals surface area contributed by atoms with Gasteiger partial charge in [0.25, 0.3) is 0 Å². The number of esters is 1. The smallest absolute Gasteiger partial charge is 0.338 e. The van der Waals surface area contributed by atoms with Gasteiger partial charge in [-0.15, -0.1) is 0 Å². The second-order valence-electron chi connectivity index (χ2n) is 6.40. The molecule has 0 bridgehead atoms. The molecule has 0 aliphatic heterocycles. The van der Waals surface area contributed by atoms with Crippen LogP contribution in [0.2, 0.25) is 0 Å². The van der Waals surface area contributed by atoms with Crippen LogP contribution >= 0.6 is 0 Å². The molecule has 23 heavy (non-hydrogen) atoms. The van der Waals surface area contributed by atoms with Gasteiger partial charge in [-0.25, -0.2) is 4.79 Å².